The number of sulfonamides is 2. The number of nitrogens with two attached hydrogens (primary N) is 1. The van der Waals surface area contributed by atoms with Gasteiger partial charge in [-0.1, -0.05) is 6.07 Å². The highest BCUT2D eigenvalue weighted by Gasteiger charge is 2.35. The van der Waals surface area contributed by atoms with Gasteiger partial charge in [-0.15, -0.1) is 12.4 Å². The van der Waals surface area contributed by atoms with Gasteiger partial charge in [-0.3, -0.25) is 0 Å². The molecule has 0 saturated carbocycles. The van der Waals surface area contributed by atoms with Crippen LogP contribution in [0.15, 0.2) is 34.1 Å². The van der Waals surface area contributed by atoms with E-state index in [2.05, 4.69) is 5.32 Å². The maximum atomic E-state index is 12.8. The van der Waals surface area contributed by atoms with Gasteiger partial charge in [0.25, 0.3) is 0 Å². The van der Waals surface area contributed by atoms with Crippen LogP contribution in [-0.2, 0) is 20.0 Å². The zero-order chi connectivity index (χ0) is 16.0. The molecule has 10 heteroatoms. The van der Waals surface area contributed by atoms with E-state index in [1.807, 2.05) is 0 Å². The Kier molecular flexibility index (Phi) is 5.39. The van der Waals surface area contributed by atoms with Crippen LogP contribution < -0.4 is 10.5 Å². The summed E-state index contributed by atoms with van der Waals surface area (Å²) in [6.45, 7) is 0.856. The third kappa shape index (κ3) is 3.86. The van der Waals surface area contributed by atoms with Crippen LogP contribution in [0.2, 0.25) is 0 Å². The minimum atomic E-state index is -3.93. The fourth-order valence-corrected chi connectivity index (χ4v) is 5.27. The second kappa shape index (κ2) is 6.66. The van der Waals surface area contributed by atoms with Gasteiger partial charge in [-0.25, -0.2) is 22.0 Å². The molecular weight excluding hydrogens is 362 g/mol. The average Bonchev–Trinajstić information content (AvgIpc) is 2.77. The van der Waals surface area contributed by atoms with Crippen LogP contribution >= 0.6 is 12.4 Å². The number of halogens is 1. The Morgan fingerprint density at radius 2 is 1.70 bits per heavy atom. The first kappa shape index (κ1) is 18.6. The van der Waals surface area contributed by atoms with Crippen LogP contribution in [0.3, 0.4) is 0 Å². The van der Waals surface area contributed by atoms with Crippen molar-refractivity contribution in [2.24, 2.45) is 5.14 Å². The van der Waals surface area contributed by atoms with Crippen LogP contribution in [0, 0.1) is 0 Å². The first-order chi connectivity index (χ1) is 10.3. The molecule has 2 unspecified atom stereocenters. The van der Waals surface area contributed by atoms with E-state index in [0.29, 0.717) is 19.1 Å². The van der Waals surface area contributed by atoms with E-state index in [0.717, 1.165) is 25.3 Å². The van der Waals surface area contributed by atoms with Gasteiger partial charge in [0, 0.05) is 25.2 Å². The summed E-state index contributed by atoms with van der Waals surface area (Å²) in [5.74, 6) is 0. The van der Waals surface area contributed by atoms with Crippen molar-refractivity contribution in [1.29, 1.82) is 0 Å². The van der Waals surface area contributed by atoms with Gasteiger partial charge in [-0.2, -0.15) is 4.31 Å². The van der Waals surface area contributed by atoms with Crippen molar-refractivity contribution in [3.8, 4) is 0 Å². The largest absolute Gasteiger partial charge is 0.310 e. The van der Waals surface area contributed by atoms with Crippen molar-refractivity contribution in [3.05, 3.63) is 24.3 Å². The second-order valence-corrected chi connectivity index (χ2v) is 9.31. The molecule has 2 fully saturated rings. The molecule has 2 heterocycles. The van der Waals surface area contributed by atoms with Crippen LogP contribution in [-0.4, -0.2) is 46.3 Å². The maximum absolute atomic E-state index is 12.8. The minimum absolute atomic E-state index is 0. The lowest BCUT2D eigenvalue weighted by atomic mass is 10.1. The molecule has 23 heavy (non-hydrogen) atoms. The fraction of sp³-hybridized carbons (Fsp3) is 0.538. The number of rotatable bonds is 3. The smallest absolute Gasteiger partial charge is 0.243 e. The van der Waals surface area contributed by atoms with E-state index in [1.165, 1.54) is 22.5 Å². The molecule has 7 nitrogen and oxygen atoms in total. The molecule has 0 aromatic heterocycles. The molecule has 0 radical (unpaired) electrons. The van der Waals surface area contributed by atoms with Crippen LogP contribution in [0.1, 0.15) is 19.3 Å². The van der Waals surface area contributed by atoms with Gasteiger partial charge >= 0.3 is 0 Å². The highest BCUT2D eigenvalue weighted by Crippen LogP contribution is 2.25. The average molecular weight is 382 g/mol. The van der Waals surface area contributed by atoms with E-state index in [9.17, 15) is 16.8 Å². The molecule has 130 valence electrons. The molecule has 1 aromatic carbocycles. The highest BCUT2D eigenvalue weighted by molar-refractivity contribution is 7.90. The van der Waals surface area contributed by atoms with E-state index in [4.69, 9.17) is 5.14 Å². The molecule has 3 rings (SSSR count). The molecule has 0 amide bonds. The van der Waals surface area contributed by atoms with Crippen molar-refractivity contribution in [1.82, 2.24) is 9.62 Å². The summed E-state index contributed by atoms with van der Waals surface area (Å²) in [4.78, 5) is -0.222. The first-order valence-corrected chi connectivity index (χ1v) is 10.1. The molecule has 3 N–H and O–H groups in total. The summed E-state index contributed by atoms with van der Waals surface area (Å²) in [5.41, 5.74) is 0. The SMILES string of the molecule is Cl.NS(=O)(=O)c1cccc(S(=O)(=O)N2CCC3CCC(C2)N3)c1. The lowest BCUT2D eigenvalue weighted by molar-refractivity contribution is 0.383. The van der Waals surface area contributed by atoms with Gasteiger partial charge in [0.15, 0.2) is 0 Å². The number of nitrogens with zero attached hydrogens (tertiary/aromatic N) is 1. The number of primary sulfonamides is 1. The first-order valence-electron chi connectivity index (χ1n) is 7.16. The molecule has 2 aliphatic rings. The van der Waals surface area contributed by atoms with Crippen molar-refractivity contribution in [2.75, 3.05) is 13.1 Å². The summed E-state index contributed by atoms with van der Waals surface area (Å²) in [7, 11) is -7.64. The van der Waals surface area contributed by atoms with E-state index < -0.39 is 20.0 Å². The highest BCUT2D eigenvalue weighted by atomic mass is 35.5. The molecule has 2 aliphatic heterocycles. The van der Waals surface area contributed by atoms with Crippen molar-refractivity contribution in [2.45, 2.75) is 41.1 Å². The predicted molar refractivity (Wildman–Crippen MR) is 88.4 cm³/mol. The third-order valence-corrected chi connectivity index (χ3v) is 7.03. The Morgan fingerprint density at radius 3 is 2.39 bits per heavy atom. The van der Waals surface area contributed by atoms with Crippen molar-refractivity contribution < 1.29 is 16.8 Å². The molecule has 0 aliphatic carbocycles. The zero-order valence-corrected chi connectivity index (χ0v) is 14.8. The second-order valence-electron chi connectivity index (χ2n) is 5.81. The molecule has 2 bridgehead atoms. The van der Waals surface area contributed by atoms with Crippen molar-refractivity contribution >= 4 is 32.5 Å². The Labute approximate surface area is 142 Å². The summed E-state index contributed by atoms with van der Waals surface area (Å²) in [5, 5.41) is 8.50. The van der Waals surface area contributed by atoms with Gasteiger partial charge < -0.3 is 5.32 Å². The molecule has 0 spiro atoms. The van der Waals surface area contributed by atoms with Gasteiger partial charge in [0.1, 0.15) is 0 Å². The molecule has 2 saturated heterocycles. The maximum Gasteiger partial charge on any atom is 0.243 e. The fourth-order valence-electron chi connectivity index (χ4n) is 3.09. The van der Waals surface area contributed by atoms with E-state index in [1.54, 1.807) is 0 Å². The number of fused-ring (bicyclic) bond motifs is 2. The normalized spacial score (nSPS) is 25.6. The lowest BCUT2D eigenvalue weighted by Gasteiger charge is -2.23. The Balaban J connectivity index is 0.00000192. The monoisotopic (exact) mass is 381 g/mol. The zero-order valence-electron chi connectivity index (χ0n) is 12.4. The van der Waals surface area contributed by atoms with Crippen LogP contribution in [0.5, 0.6) is 0 Å². The van der Waals surface area contributed by atoms with E-state index in [-0.39, 0.29) is 28.2 Å². The van der Waals surface area contributed by atoms with E-state index >= 15 is 0 Å². The minimum Gasteiger partial charge on any atom is -0.310 e. The van der Waals surface area contributed by atoms with Crippen LogP contribution in [0.25, 0.3) is 0 Å². The number of benzene rings is 1. The third-order valence-electron chi connectivity index (χ3n) is 4.26. The summed E-state index contributed by atoms with van der Waals surface area (Å²) >= 11 is 0. The van der Waals surface area contributed by atoms with Gasteiger partial charge in [-0.05, 0) is 37.5 Å². The van der Waals surface area contributed by atoms with Gasteiger partial charge in [0.05, 0.1) is 9.79 Å². The summed E-state index contributed by atoms with van der Waals surface area (Å²) < 4.78 is 49.8. The molecule has 2 atom stereocenters. The Hall–Kier alpha value is -0.710. The lowest BCUT2D eigenvalue weighted by Crippen LogP contribution is -2.39. The Morgan fingerprint density at radius 1 is 1.04 bits per heavy atom. The summed E-state index contributed by atoms with van der Waals surface area (Å²) in [6, 6.07) is 5.77. The standard InChI is InChI=1S/C13H19N3O4S2.ClH/c14-21(17,18)12-2-1-3-13(8-12)22(19,20)16-7-6-10-4-5-11(9-16)15-10;/h1-3,8,10-11,15H,4-7,9H2,(H2,14,17,18);1H. The molecular formula is C13H20ClN3O4S2. The number of hydrogen-bond donors (Lipinski definition) is 2. The number of hydrogen-bond acceptors (Lipinski definition) is 5. The predicted octanol–water partition coefficient (Wildman–Crippen LogP) is 0.271. The van der Waals surface area contributed by atoms with Crippen LogP contribution in [0.4, 0.5) is 0 Å². The number of nitrogens with one attached hydrogen (secondary N) is 1. The van der Waals surface area contributed by atoms with Gasteiger partial charge in [0.2, 0.25) is 20.0 Å². The summed E-state index contributed by atoms with van der Waals surface area (Å²) in [6.07, 6.45) is 2.82. The van der Waals surface area contributed by atoms with Crippen molar-refractivity contribution in [3.63, 3.8) is 0 Å². The quantitative estimate of drug-likeness (QED) is 0.781. The Bertz CT molecular complexity index is 782. The molecule has 1 aromatic rings. The topological polar surface area (TPSA) is 110 Å².